The summed E-state index contributed by atoms with van der Waals surface area (Å²) in [6, 6.07) is 3.47. The van der Waals surface area contributed by atoms with Gasteiger partial charge in [0.05, 0.1) is 6.26 Å². The van der Waals surface area contributed by atoms with E-state index in [-0.39, 0.29) is 18.1 Å². The van der Waals surface area contributed by atoms with Gasteiger partial charge in [-0.15, -0.1) is 0 Å². The molecule has 118 valence electrons. The van der Waals surface area contributed by atoms with Crippen LogP contribution < -0.4 is 10.6 Å². The van der Waals surface area contributed by atoms with Gasteiger partial charge in [0.15, 0.2) is 0 Å². The molecule has 1 aliphatic rings. The SMILES string of the molecule is CS[C@@H]1CC[C@H](NC(=O)N[C@H](C)C[C@@H](O)c2ccco2)C1. The average molecular weight is 312 g/mol. The van der Waals surface area contributed by atoms with Crippen molar-refractivity contribution in [3.63, 3.8) is 0 Å². The van der Waals surface area contributed by atoms with Gasteiger partial charge in [0, 0.05) is 23.8 Å². The van der Waals surface area contributed by atoms with Crippen LogP contribution in [0.15, 0.2) is 22.8 Å². The third-order valence-corrected chi connectivity index (χ3v) is 4.97. The van der Waals surface area contributed by atoms with Crippen LogP contribution >= 0.6 is 11.8 Å². The Labute approximate surface area is 129 Å². The first kappa shape index (κ1) is 16.2. The van der Waals surface area contributed by atoms with E-state index in [2.05, 4.69) is 16.9 Å². The number of thioether (sulfide) groups is 1. The minimum atomic E-state index is -0.692. The minimum Gasteiger partial charge on any atom is -0.467 e. The average Bonchev–Trinajstić information content (AvgIpc) is 3.08. The fraction of sp³-hybridized carbons (Fsp3) is 0.667. The first-order valence-electron chi connectivity index (χ1n) is 7.39. The van der Waals surface area contributed by atoms with Crippen molar-refractivity contribution in [2.24, 2.45) is 0 Å². The van der Waals surface area contributed by atoms with E-state index < -0.39 is 6.10 Å². The molecule has 1 heterocycles. The van der Waals surface area contributed by atoms with Crippen LogP contribution in [0.3, 0.4) is 0 Å². The summed E-state index contributed by atoms with van der Waals surface area (Å²) in [5, 5.41) is 16.5. The largest absolute Gasteiger partial charge is 0.467 e. The molecule has 6 heteroatoms. The van der Waals surface area contributed by atoms with E-state index >= 15 is 0 Å². The number of furan rings is 1. The highest BCUT2D eigenvalue weighted by Crippen LogP contribution is 2.28. The second-order valence-corrected chi connectivity index (χ2v) is 6.79. The molecule has 1 fully saturated rings. The molecule has 21 heavy (non-hydrogen) atoms. The predicted octanol–water partition coefficient (Wildman–Crippen LogP) is 2.67. The molecule has 0 saturated heterocycles. The van der Waals surface area contributed by atoms with Crippen LogP contribution in [0.2, 0.25) is 0 Å². The van der Waals surface area contributed by atoms with E-state index in [0.29, 0.717) is 17.4 Å². The van der Waals surface area contributed by atoms with Crippen molar-refractivity contribution >= 4 is 17.8 Å². The molecule has 2 rings (SSSR count). The van der Waals surface area contributed by atoms with Gasteiger partial charge in [-0.25, -0.2) is 4.79 Å². The van der Waals surface area contributed by atoms with Crippen LogP contribution in [-0.4, -0.2) is 34.7 Å². The monoisotopic (exact) mass is 312 g/mol. The first-order chi connectivity index (χ1) is 10.1. The summed E-state index contributed by atoms with van der Waals surface area (Å²) in [5.41, 5.74) is 0. The molecule has 3 N–H and O–H groups in total. The third kappa shape index (κ3) is 4.97. The Balaban J connectivity index is 1.70. The van der Waals surface area contributed by atoms with Gasteiger partial charge in [-0.1, -0.05) is 0 Å². The fourth-order valence-electron chi connectivity index (χ4n) is 2.73. The van der Waals surface area contributed by atoms with Crippen molar-refractivity contribution in [3.05, 3.63) is 24.2 Å². The number of urea groups is 1. The number of amides is 2. The molecule has 0 aromatic carbocycles. The first-order valence-corrected chi connectivity index (χ1v) is 8.68. The van der Waals surface area contributed by atoms with Crippen molar-refractivity contribution in [3.8, 4) is 0 Å². The Morgan fingerprint density at radius 1 is 1.57 bits per heavy atom. The standard InChI is InChI=1S/C15H24N2O3S/c1-10(8-13(18)14-4-3-7-20-14)16-15(19)17-11-5-6-12(9-11)21-2/h3-4,7,10-13,18H,5-6,8-9H2,1-2H3,(H2,16,17,19)/t10-,11+,12-,13-/m1/s1. The zero-order valence-electron chi connectivity index (χ0n) is 12.5. The summed E-state index contributed by atoms with van der Waals surface area (Å²) in [6.07, 6.45) is 6.64. The number of carbonyl (C=O) groups excluding carboxylic acids is 1. The van der Waals surface area contributed by atoms with Gasteiger partial charge in [-0.05, 0) is 44.6 Å². The number of nitrogens with one attached hydrogen (secondary N) is 2. The Bertz CT molecular complexity index is 438. The Kier molecular flexibility index (Phi) is 5.99. The lowest BCUT2D eigenvalue weighted by molar-refractivity contribution is 0.129. The highest BCUT2D eigenvalue weighted by atomic mass is 32.2. The highest BCUT2D eigenvalue weighted by molar-refractivity contribution is 7.99. The van der Waals surface area contributed by atoms with Crippen LogP contribution in [0.4, 0.5) is 4.79 Å². The van der Waals surface area contributed by atoms with Gasteiger partial charge in [0.2, 0.25) is 0 Å². The summed E-state index contributed by atoms with van der Waals surface area (Å²) in [4.78, 5) is 11.9. The molecule has 4 atom stereocenters. The number of aliphatic hydroxyl groups is 1. The van der Waals surface area contributed by atoms with E-state index in [4.69, 9.17) is 4.42 Å². The van der Waals surface area contributed by atoms with Gasteiger partial charge in [0.1, 0.15) is 11.9 Å². The van der Waals surface area contributed by atoms with E-state index in [1.165, 1.54) is 12.7 Å². The maximum Gasteiger partial charge on any atom is 0.315 e. The summed E-state index contributed by atoms with van der Waals surface area (Å²) >= 11 is 1.87. The van der Waals surface area contributed by atoms with Gasteiger partial charge in [-0.3, -0.25) is 0 Å². The lowest BCUT2D eigenvalue weighted by Gasteiger charge is -2.19. The lowest BCUT2D eigenvalue weighted by atomic mass is 10.1. The van der Waals surface area contributed by atoms with E-state index in [9.17, 15) is 9.90 Å². The van der Waals surface area contributed by atoms with Crippen molar-refractivity contribution in [2.45, 2.75) is 56.0 Å². The zero-order valence-corrected chi connectivity index (χ0v) is 13.4. The van der Waals surface area contributed by atoms with Crippen LogP contribution in [0.5, 0.6) is 0 Å². The number of carbonyl (C=O) groups is 1. The minimum absolute atomic E-state index is 0.122. The van der Waals surface area contributed by atoms with Crippen molar-refractivity contribution in [1.82, 2.24) is 10.6 Å². The molecule has 1 saturated carbocycles. The number of hydrogen-bond donors (Lipinski definition) is 3. The van der Waals surface area contributed by atoms with Crippen LogP contribution in [-0.2, 0) is 0 Å². The predicted molar refractivity (Wildman–Crippen MR) is 84.4 cm³/mol. The molecular weight excluding hydrogens is 288 g/mol. The van der Waals surface area contributed by atoms with E-state index in [1.807, 2.05) is 18.7 Å². The molecule has 5 nitrogen and oxygen atoms in total. The van der Waals surface area contributed by atoms with Gasteiger partial charge in [-0.2, -0.15) is 11.8 Å². The van der Waals surface area contributed by atoms with Crippen LogP contribution in [0.1, 0.15) is 44.5 Å². The second kappa shape index (κ2) is 7.75. The lowest BCUT2D eigenvalue weighted by Crippen LogP contribution is -2.45. The van der Waals surface area contributed by atoms with Crippen molar-refractivity contribution in [1.29, 1.82) is 0 Å². The molecule has 0 bridgehead atoms. The maximum absolute atomic E-state index is 11.9. The highest BCUT2D eigenvalue weighted by Gasteiger charge is 2.25. The third-order valence-electron chi connectivity index (χ3n) is 3.88. The zero-order chi connectivity index (χ0) is 15.2. The normalized spacial score (nSPS) is 24.5. The number of hydrogen-bond acceptors (Lipinski definition) is 4. The molecule has 0 aliphatic heterocycles. The van der Waals surface area contributed by atoms with Crippen LogP contribution in [0, 0.1) is 0 Å². The summed E-state index contributed by atoms with van der Waals surface area (Å²) in [7, 11) is 0. The Morgan fingerprint density at radius 2 is 2.38 bits per heavy atom. The number of aliphatic hydroxyl groups excluding tert-OH is 1. The molecule has 2 amide bonds. The molecule has 1 aromatic rings. The smallest absolute Gasteiger partial charge is 0.315 e. The van der Waals surface area contributed by atoms with Gasteiger partial charge in [0.25, 0.3) is 0 Å². The molecule has 0 radical (unpaired) electrons. The van der Waals surface area contributed by atoms with Crippen molar-refractivity contribution in [2.75, 3.05) is 6.26 Å². The topological polar surface area (TPSA) is 74.5 Å². The second-order valence-electron chi connectivity index (χ2n) is 5.65. The van der Waals surface area contributed by atoms with E-state index in [1.54, 1.807) is 12.1 Å². The van der Waals surface area contributed by atoms with Crippen LogP contribution in [0.25, 0.3) is 0 Å². The Morgan fingerprint density at radius 3 is 3.00 bits per heavy atom. The van der Waals surface area contributed by atoms with Gasteiger partial charge >= 0.3 is 6.03 Å². The molecule has 0 spiro atoms. The quantitative estimate of drug-likeness (QED) is 0.755. The summed E-state index contributed by atoms with van der Waals surface area (Å²) in [6.45, 7) is 1.88. The number of rotatable bonds is 6. The molecular formula is C15H24N2O3S. The summed E-state index contributed by atoms with van der Waals surface area (Å²) < 4.78 is 5.15. The van der Waals surface area contributed by atoms with Gasteiger partial charge < -0.3 is 20.2 Å². The fourth-order valence-corrected chi connectivity index (χ4v) is 3.52. The van der Waals surface area contributed by atoms with Crippen molar-refractivity contribution < 1.29 is 14.3 Å². The molecule has 1 aliphatic carbocycles. The molecule has 0 unspecified atom stereocenters. The van der Waals surface area contributed by atoms with E-state index in [0.717, 1.165) is 12.8 Å². The maximum atomic E-state index is 11.9. The molecule has 1 aromatic heterocycles. The Hall–Kier alpha value is -1.14. The summed E-state index contributed by atoms with van der Waals surface area (Å²) in [5.74, 6) is 0.530.